The molecule has 5 aromatic rings. The number of rotatable bonds is 8. The van der Waals surface area contributed by atoms with Gasteiger partial charge in [0.05, 0.1) is 26.0 Å². The predicted octanol–water partition coefficient (Wildman–Crippen LogP) is 7.60. The monoisotopic (exact) mass is 816 g/mol. The molecule has 0 saturated carbocycles. The third-order valence-electron chi connectivity index (χ3n) is 6.84. The average molecular weight is 818 g/mol. The van der Waals surface area contributed by atoms with Gasteiger partial charge in [-0.3, -0.25) is 9.36 Å². The summed E-state index contributed by atoms with van der Waals surface area (Å²) < 4.78 is 15.6. The molecule has 0 fully saturated rings. The Kier molecular flexibility index (Phi) is 9.53. The maximum atomic E-state index is 14.2. The Bertz CT molecular complexity index is 2070. The Hall–Kier alpha value is -3.03. The lowest BCUT2D eigenvalue weighted by molar-refractivity contribution is -0.138. The summed E-state index contributed by atoms with van der Waals surface area (Å²) in [7, 11) is 0. The summed E-state index contributed by atoms with van der Waals surface area (Å²) in [6.07, 6.45) is 1.82. The summed E-state index contributed by atoms with van der Waals surface area (Å²) in [4.78, 5) is 34.0. The molecule has 1 aliphatic rings. The van der Waals surface area contributed by atoms with E-state index in [4.69, 9.17) is 26.1 Å². The molecule has 2 aromatic heterocycles. The van der Waals surface area contributed by atoms with E-state index in [0.29, 0.717) is 31.4 Å². The minimum absolute atomic E-state index is 0.199. The van der Waals surface area contributed by atoms with Crippen LogP contribution in [0.2, 0.25) is 5.02 Å². The van der Waals surface area contributed by atoms with Gasteiger partial charge < -0.3 is 9.47 Å². The second-order valence-electron chi connectivity index (χ2n) is 9.63. The second-order valence-corrected chi connectivity index (χ2v) is 14.1. The molecule has 44 heavy (non-hydrogen) atoms. The van der Waals surface area contributed by atoms with Crippen LogP contribution in [0.4, 0.5) is 0 Å². The number of ether oxygens (including phenoxy) is 2. The Morgan fingerprint density at radius 3 is 2.61 bits per heavy atom. The zero-order valence-electron chi connectivity index (χ0n) is 23.1. The van der Waals surface area contributed by atoms with Crippen molar-refractivity contribution in [2.75, 3.05) is 6.61 Å². The largest absolute Gasteiger partial charge is 0.487 e. The van der Waals surface area contributed by atoms with Crippen molar-refractivity contribution in [3.05, 3.63) is 144 Å². The van der Waals surface area contributed by atoms with Gasteiger partial charge in [-0.25, -0.2) is 9.79 Å². The minimum atomic E-state index is -0.693. The number of thiazole rings is 1. The van der Waals surface area contributed by atoms with Crippen LogP contribution in [0.1, 0.15) is 34.5 Å². The van der Waals surface area contributed by atoms with E-state index in [1.165, 1.54) is 22.7 Å². The van der Waals surface area contributed by atoms with Gasteiger partial charge >= 0.3 is 5.97 Å². The van der Waals surface area contributed by atoms with Gasteiger partial charge in [-0.05, 0) is 65.2 Å². The Morgan fingerprint density at radius 1 is 1.11 bits per heavy atom. The van der Waals surface area contributed by atoms with Crippen LogP contribution in [-0.4, -0.2) is 17.1 Å². The first-order chi connectivity index (χ1) is 21.4. The maximum absolute atomic E-state index is 14.2. The summed E-state index contributed by atoms with van der Waals surface area (Å²) in [5.74, 6) is 0.131. The lowest BCUT2D eigenvalue weighted by Crippen LogP contribution is -2.39. The smallest absolute Gasteiger partial charge is 0.338 e. The molecule has 0 spiro atoms. The fraction of sp³-hybridized carbons (Fsp3) is 0.121. The van der Waals surface area contributed by atoms with Crippen molar-refractivity contribution in [2.24, 2.45) is 4.99 Å². The van der Waals surface area contributed by atoms with Crippen molar-refractivity contribution >= 4 is 90.5 Å². The molecular formula is C33H23BrClIN2O4S2. The van der Waals surface area contributed by atoms with Crippen LogP contribution < -0.4 is 19.6 Å². The van der Waals surface area contributed by atoms with E-state index >= 15 is 0 Å². The highest BCUT2D eigenvalue weighted by molar-refractivity contribution is 14.1. The van der Waals surface area contributed by atoms with Crippen LogP contribution in [0.25, 0.3) is 11.8 Å². The van der Waals surface area contributed by atoms with Crippen LogP contribution in [0.3, 0.4) is 0 Å². The quantitative estimate of drug-likeness (QED) is 0.120. The fourth-order valence-electron chi connectivity index (χ4n) is 4.90. The topological polar surface area (TPSA) is 69.9 Å². The highest BCUT2D eigenvalue weighted by atomic mass is 127. The lowest BCUT2D eigenvalue weighted by atomic mass is 9.97. The Balaban J connectivity index is 1.54. The first kappa shape index (κ1) is 31.0. The summed E-state index contributed by atoms with van der Waals surface area (Å²) in [6, 6.07) is 24.1. The highest BCUT2D eigenvalue weighted by Crippen LogP contribution is 2.37. The molecule has 6 nitrogen and oxygen atoms in total. The summed E-state index contributed by atoms with van der Waals surface area (Å²) in [5.41, 5.74) is 2.92. The van der Waals surface area contributed by atoms with Crippen molar-refractivity contribution in [3.8, 4) is 5.75 Å². The molecule has 3 aromatic carbocycles. The molecule has 6 rings (SSSR count). The molecule has 1 aliphatic heterocycles. The number of hydrogen-bond donors (Lipinski definition) is 0. The van der Waals surface area contributed by atoms with Gasteiger partial charge in [-0.1, -0.05) is 93.5 Å². The zero-order valence-corrected chi connectivity index (χ0v) is 29.3. The number of aromatic nitrogens is 1. The molecule has 0 amide bonds. The van der Waals surface area contributed by atoms with Crippen LogP contribution in [0.15, 0.2) is 104 Å². The third kappa shape index (κ3) is 6.23. The first-order valence-electron chi connectivity index (χ1n) is 13.5. The fourth-order valence-corrected chi connectivity index (χ4v) is 8.61. The van der Waals surface area contributed by atoms with Crippen LogP contribution >= 0.6 is 72.8 Å². The SMILES string of the molecule is CCOC(=O)C1=C(c2ccccc2)N=c2s/c(=C\c3cc(Br)cc(I)c3OCc3ccccc3Cl)c(=O)n2[C@@H]1c1cccs1. The van der Waals surface area contributed by atoms with E-state index in [9.17, 15) is 9.59 Å². The number of carbonyl (C=O) groups is 1. The van der Waals surface area contributed by atoms with E-state index < -0.39 is 12.0 Å². The van der Waals surface area contributed by atoms with E-state index in [1.807, 2.05) is 90.3 Å². The van der Waals surface area contributed by atoms with E-state index in [1.54, 1.807) is 11.5 Å². The van der Waals surface area contributed by atoms with Crippen molar-refractivity contribution in [2.45, 2.75) is 19.6 Å². The van der Waals surface area contributed by atoms with Gasteiger partial charge in [0, 0.05) is 31.1 Å². The number of benzene rings is 3. The van der Waals surface area contributed by atoms with Gasteiger partial charge in [0.1, 0.15) is 18.4 Å². The molecule has 3 heterocycles. The highest BCUT2D eigenvalue weighted by Gasteiger charge is 2.35. The molecule has 0 saturated heterocycles. The average Bonchev–Trinajstić information content (AvgIpc) is 3.65. The third-order valence-corrected chi connectivity index (χ3v) is 10.4. The molecule has 0 aliphatic carbocycles. The molecular weight excluding hydrogens is 795 g/mol. The maximum Gasteiger partial charge on any atom is 0.338 e. The Morgan fingerprint density at radius 2 is 1.89 bits per heavy atom. The number of thiophene rings is 1. The molecule has 1 atom stereocenters. The van der Waals surface area contributed by atoms with Gasteiger partial charge in [-0.2, -0.15) is 0 Å². The van der Waals surface area contributed by atoms with Crippen molar-refractivity contribution in [1.29, 1.82) is 0 Å². The number of nitrogens with zero attached hydrogens (tertiary/aromatic N) is 2. The second kappa shape index (κ2) is 13.5. The zero-order chi connectivity index (χ0) is 30.8. The molecule has 0 N–H and O–H groups in total. The first-order valence-corrected chi connectivity index (χ1v) is 17.5. The van der Waals surface area contributed by atoms with Crippen LogP contribution in [0.5, 0.6) is 5.75 Å². The summed E-state index contributed by atoms with van der Waals surface area (Å²) >= 11 is 15.0. The predicted molar refractivity (Wildman–Crippen MR) is 188 cm³/mol. The standard InChI is InChI=1S/C33H23BrClIN2O4S2/c1-2-41-32(40)27-28(19-9-4-3-5-10-19)37-33-38(29(27)25-13-8-14-43-25)31(39)26(44-33)16-21-15-22(34)17-24(36)30(21)42-18-20-11-6-7-12-23(20)35/h3-17,29H,2,18H2,1H3/b26-16-/t29-/m1/s1. The minimum Gasteiger partial charge on any atom is -0.487 e. The number of carbonyl (C=O) groups excluding carboxylic acids is 1. The van der Waals surface area contributed by atoms with Crippen molar-refractivity contribution in [3.63, 3.8) is 0 Å². The Labute approximate surface area is 288 Å². The molecule has 222 valence electrons. The van der Waals surface area contributed by atoms with Gasteiger partial charge in [0.15, 0.2) is 4.80 Å². The van der Waals surface area contributed by atoms with Gasteiger partial charge in [0.25, 0.3) is 5.56 Å². The normalized spacial score (nSPS) is 14.7. The molecule has 0 bridgehead atoms. The van der Waals surface area contributed by atoms with Gasteiger partial charge in [-0.15, -0.1) is 11.3 Å². The van der Waals surface area contributed by atoms with E-state index in [2.05, 4.69) is 38.5 Å². The van der Waals surface area contributed by atoms with Gasteiger partial charge in [0.2, 0.25) is 0 Å². The molecule has 0 unspecified atom stereocenters. The summed E-state index contributed by atoms with van der Waals surface area (Å²) in [5, 5.41) is 2.55. The van der Waals surface area contributed by atoms with Crippen LogP contribution in [0, 0.1) is 3.57 Å². The molecule has 11 heteroatoms. The summed E-state index contributed by atoms with van der Waals surface area (Å²) in [6.45, 7) is 2.23. The van der Waals surface area contributed by atoms with Crippen molar-refractivity contribution in [1.82, 2.24) is 4.57 Å². The lowest BCUT2D eigenvalue weighted by Gasteiger charge is -2.24. The number of halogens is 3. The van der Waals surface area contributed by atoms with Crippen LogP contribution in [-0.2, 0) is 16.1 Å². The van der Waals surface area contributed by atoms with E-state index in [0.717, 1.165) is 29.6 Å². The van der Waals surface area contributed by atoms with Crippen molar-refractivity contribution < 1.29 is 14.3 Å². The number of esters is 1. The molecule has 0 radical (unpaired) electrons. The number of hydrogen-bond acceptors (Lipinski definition) is 7. The van der Waals surface area contributed by atoms with E-state index in [-0.39, 0.29) is 18.8 Å². The number of fused-ring (bicyclic) bond motifs is 1.